The summed E-state index contributed by atoms with van der Waals surface area (Å²) in [7, 11) is 0. The number of pyridine rings is 1. The fraction of sp³-hybridized carbons (Fsp3) is 0.583. The lowest BCUT2D eigenvalue weighted by molar-refractivity contribution is -0.00828. The lowest BCUT2D eigenvalue weighted by atomic mass is 9.82. The van der Waals surface area contributed by atoms with Crippen LogP contribution in [0.5, 0.6) is 0 Å². The summed E-state index contributed by atoms with van der Waals surface area (Å²) in [4.78, 5) is 3.93. The summed E-state index contributed by atoms with van der Waals surface area (Å²) in [6, 6.07) is 1.87. The van der Waals surface area contributed by atoms with E-state index in [0.29, 0.717) is 11.4 Å². The Hall–Kier alpha value is -0.600. The van der Waals surface area contributed by atoms with Crippen molar-refractivity contribution in [2.75, 3.05) is 0 Å². The first kappa shape index (κ1) is 12.5. The Kier molecular flexibility index (Phi) is 4.12. The molecule has 0 amide bonds. The second-order valence-corrected chi connectivity index (χ2v) is 4.66. The molecule has 1 unspecified atom stereocenters. The second kappa shape index (κ2) is 4.95. The summed E-state index contributed by atoms with van der Waals surface area (Å²) in [5.74, 6) is 0.215. The summed E-state index contributed by atoms with van der Waals surface area (Å²) < 4.78 is 0. The zero-order valence-electron chi connectivity index (χ0n) is 9.50. The van der Waals surface area contributed by atoms with Crippen LogP contribution in [0.2, 0.25) is 5.02 Å². The Morgan fingerprint density at radius 3 is 2.67 bits per heavy atom. The molecule has 0 saturated carbocycles. The van der Waals surface area contributed by atoms with Gasteiger partial charge in [-0.05, 0) is 24.0 Å². The number of aromatic nitrogens is 1. The smallest absolute Gasteiger partial charge is 0.0708 e. The van der Waals surface area contributed by atoms with Crippen molar-refractivity contribution in [2.45, 2.75) is 39.2 Å². The van der Waals surface area contributed by atoms with Gasteiger partial charge in [0.25, 0.3) is 0 Å². The average molecular weight is 228 g/mol. The Labute approximate surface area is 96.3 Å². The van der Waals surface area contributed by atoms with E-state index in [1.807, 2.05) is 26.8 Å². The minimum absolute atomic E-state index is 0.215. The van der Waals surface area contributed by atoms with Crippen LogP contribution >= 0.6 is 11.6 Å². The van der Waals surface area contributed by atoms with Gasteiger partial charge in [-0.15, -0.1) is 0 Å². The summed E-state index contributed by atoms with van der Waals surface area (Å²) in [6.45, 7) is 6.05. The van der Waals surface area contributed by atoms with Crippen LogP contribution < -0.4 is 0 Å². The lowest BCUT2D eigenvalue weighted by Crippen LogP contribution is -2.36. The predicted molar refractivity (Wildman–Crippen MR) is 63.0 cm³/mol. The van der Waals surface area contributed by atoms with Crippen LogP contribution in [0.25, 0.3) is 0 Å². The number of halogens is 1. The first-order valence-electron chi connectivity index (χ1n) is 5.30. The predicted octanol–water partition coefficient (Wildman–Crippen LogP) is 3.07. The van der Waals surface area contributed by atoms with E-state index >= 15 is 0 Å². The molecule has 0 aliphatic rings. The van der Waals surface area contributed by atoms with Crippen LogP contribution in [0, 0.1) is 5.92 Å². The minimum Gasteiger partial charge on any atom is -0.389 e. The molecule has 0 radical (unpaired) electrons. The highest BCUT2D eigenvalue weighted by Gasteiger charge is 2.29. The van der Waals surface area contributed by atoms with Gasteiger partial charge >= 0.3 is 0 Å². The highest BCUT2D eigenvalue weighted by molar-refractivity contribution is 6.31. The van der Waals surface area contributed by atoms with Crippen molar-refractivity contribution >= 4 is 11.6 Å². The average Bonchev–Trinajstić information content (AvgIpc) is 2.21. The minimum atomic E-state index is -0.676. The fourth-order valence-electron chi connectivity index (χ4n) is 1.61. The van der Waals surface area contributed by atoms with Crippen molar-refractivity contribution < 1.29 is 5.11 Å². The van der Waals surface area contributed by atoms with Crippen molar-refractivity contribution in [1.82, 2.24) is 4.98 Å². The van der Waals surface area contributed by atoms with E-state index in [1.165, 1.54) is 0 Å². The number of nitrogens with zero attached hydrogens (tertiary/aromatic N) is 1. The Balaban J connectivity index is 2.89. The van der Waals surface area contributed by atoms with Crippen molar-refractivity contribution in [3.8, 4) is 0 Å². The molecule has 0 aromatic carbocycles. The van der Waals surface area contributed by atoms with Gasteiger partial charge < -0.3 is 5.11 Å². The molecule has 1 N–H and O–H groups in total. The van der Waals surface area contributed by atoms with Gasteiger partial charge in [0, 0.05) is 18.8 Å². The Morgan fingerprint density at radius 2 is 2.20 bits per heavy atom. The van der Waals surface area contributed by atoms with E-state index in [9.17, 15) is 5.11 Å². The molecular weight excluding hydrogens is 210 g/mol. The lowest BCUT2D eigenvalue weighted by Gasteiger charge is -2.31. The van der Waals surface area contributed by atoms with Gasteiger partial charge in [0.2, 0.25) is 0 Å². The van der Waals surface area contributed by atoms with E-state index in [2.05, 4.69) is 4.98 Å². The number of hydrogen-bond donors (Lipinski definition) is 1. The van der Waals surface area contributed by atoms with Crippen LogP contribution in [0.1, 0.15) is 32.8 Å². The molecule has 1 aromatic rings. The van der Waals surface area contributed by atoms with Gasteiger partial charge in [-0.2, -0.15) is 0 Å². The zero-order valence-corrected chi connectivity index (χ0v) is 10.3. The molecule has 0 bridgehead atoms. The third-order valence-electron chi connectivity index (χ3n) is 3.04. The van der Waals surface area contributed by atoms with Gasteiger partial charge in [0.1, 0.15) is 0 Å². The molecule has 0 aliphatic carbocycles. The SMILES string of the molecule is CCC(O)(Cc1ccncc1Cl)C(C)C. The molecular formula is C12H18ClNO. The van der Waals surface area contributed by atoms with Crippen molar-refractivity contribution in [3.05, 3.63) is 29.0 Å². The monoisotopic (exact) mass is 227 g/mol. The van der Waals surface area contributed by atoms with Crippen LogP contribution in [-0.4, -0.2) is 15.7 Å². The number of hydrogen-bond acceptors (Lipinski definition) is 2. The Morgan fingerprint density at radius 1 is 1.53 bits per heavy atom. The molecule has 15 heavy (non-hydrogen) atoms. The molecule has 3 heteroatoms. The van der Waals surface area contributed by atoms with Gasteiger partial charge in [-0.1, -0.05) is 32.4 Å². The topological polar surface area (TPSA) is 33.1 Å². The fourth-order valence-corrected chi connectivity index (χ4v) is 1.80. The van der Waals surface area contributed by atoms with Crippen molar-refractivity contribution in [3.63, 3.8) is 0 Å². The quantitative estimate of drug-likeness (QED) is 0.858. The largest absolute Gasteiger partial charge is 0.389 e. The standard InChI is InChI=1S/C12H18ClNO/c1-4-12(15,9(2)3)7-10-5-6-14-8-11(10)13/h5-6,8-9,15H,4,7H2,1-3H3. The van der Waals surface area contributed by atoms with E-state index < -0.39 is 5.60 Å². The van der Waals surface area contributed by atoms with E-state index in [4.69, 9.17) is 11.6 Å². The van der Waals surface area contributed by atoms with Gasteiger partial charge in [-0.3, -0.25) is 4.98 Å². The number of rotatable bonds is 4. The van der Waals surface area contributed by atoms with E-state index in [-0.39, 0.29) is 5.92 Å². The molecule has 1 rings (SSSR count). The maximum Gasteiger partial charge on any atom is 0.0708 e. The first-order chi connectivity index (χ1) is 6.99. The third kappa shape index (κ3) is 2.93. The van der Waals surface area contributed by atoms with Gasteiger partial charge in [-0.25, -0.2) is 0 Å². The summed E-state index contributed by atoms with van der Waals surface area (Å²) in [5, 5.41) is 11.0. The second-order valence-electron chi connectivity index (χ2n) is 4.26. The first-order valence-corrected chi connectivity index (χ1v) is 5.68. The normalized spacial score (nSPS) is 15.3. The van der Waals surface area contributed by atoms with Crippen LogP contribution in [0.4, 0.5) is 0 Å². The van der Waals surface area contributed by atoms with Crippen LogP contribution in [0.15, 0.2) is 18.5 Å². The highest BCUT2D eigenvalue weighted by atomic mass is 35.5. The molecule has 1 atom stereocenters. The third-order valence-corrected chi connectivity index (χ3v) is 3.38. The number of aliphatic hydroxyl groups is 1. The molecule has 2 nitrogen and oxygen atoms in total. The molecule has 0 spiro atoms. The summed E-state index contributed by atoms with van der Waals surface area (Å²) in [6.07, 6.45) is 4.64. The maximum absolute atomic E-state index is 10.4. The summed E-state index contributed by atoms with van der Waals surface area (Å²) >= 11 is 6.02. The van der Waals surface area contributed by atoms with E-state index in [1.54, 1.807) is 12.4 Å². The van der Waals surface area contributed by atoms with Crippen molar-refractivity contribution in [2.24, 2.45) is 5.92 Å². The van der Waals surface area contributed by atoms with Crippen LogP contribution in [0.3, 0.4) is 0 Å². The van der Waals surface area contributed by atoms with Crippen LogP contribution in [-0.2, 0) is 6.42 Å². The maximum atomic E-state index is 10.4. The molecule has 0 saturated heterocycles. The zero-order chi connectivity index (χ0) is 11.5. The molecule has 1 heterocycles. The van der Waals surface area contributed by atoms with Gasteiger partial charge in [0.05, 0.1) is 10.6 Å². The van der Waals surface area contributed by atoms with E-state index in [0.717, 1.165) is 12.0 Å². The summed E-state index contributed by atoms with van der Waals surface area (Å²) in [5.41, 5.74) is 0.287. The molecule has 0 fully saturated rings. The van der Waals surface area contributed by atoms with Gasteiger partial charge in [0.15, 0.2) is 0 Å². The Bertz CT molecular complexity index is 327. The molecule has 84 valence electrons. The molecule has 0 aliphatic heterocycles. The highest BCUT2D eigenvalue weighted by Crippen LogP contribution is 2.28. The molecule has 1 aromatic heterocycles. The van der Waals surface area contributed by atoms with Crippen molar-refractivity contribution in [1.29, 1.82) is 0 Å².